The Balaban J connectivity index is 1.58. The minimum absolute atomic E-state index is 0.167. The Bertz CT molecular complexity index is 1230. The fraction of sp³-hybridized carbons (Fsp3) is 0.333. The molecule has 1 aliphatic rings. The van der Waals surface area contributed by atoms with Gasteiger partial charge in [0.25, 0.3) is 11.8 Å². The highest BCUT2D eigenvalue weighted by Gasteiger charge is 2.34. The zero-order valence-electron chi connectivity index (χ0n) is 19.9. The van der Waals surface area contributed by atoms with Crippen molar-refractivity contribution in [1.82, 2.24) is 0 Å². The average Bonchev–Trinajstić information content (AvgIpc) is 3.16. The molecule has 0 fully saturated rings. The molecular formula is C27H28BrClN2O3S. The molecule has 1 heterocycles. The van der Waals surface area contributed by atoms with Crippen molar-refractivity contribution in [3.8, 4) is 5.75 Å². The van der Waals surface area contributed by atoms with Crippen LogP contribution in [0, 0.1) is 11.3 Å². The van der Waals surface area contributed by atoms with Gasteiger partial charge < -0.3 is 15.4 Å². The number of ether oxygens (including phenoxy) is 1. The number of hydrogen-bond donors (Lipinski definition) is 2. The number of thiophene rings is 1. The lowest BCUT2D eigenvalue weighted by molar-refractivity contribution is -0.118. The van der Waals surface area contributed by atoms with Crippen LogP contribution in [0.3, 0.4) is 0 Å². The Morgan fingerprint density at radius 2 is 1.83 bits per heavy atom. The number of anilines is 2. The fourth-order valence-corrected chi connectivity index (χ4v) is 6.09. The van der Waals surface area contributed by atoms with Crippen molar-refractivity contribution >= 4 is 61.4 Å². The van der Waals surface area contributed by atoms with Gasteiger partial charge in [0.05, 0.1) is 11.3 Å². The zero-order valence-corrected chi connectivity index (χ0v) is 23.1. The largest absolute Gasteiger partial charge is 0.484 e. The summed E-state index contributed by atoms with van der Waals surface area (Å²) < 4.78 is 6.40. The van der Waals surface area contributed by atoms with Gasteiger partial charge in [0.2, 0.25) is 0 Å². The maximum atomic E-state index is 13.5. The third-order valence-corrected chi connectivity index (χ3v) is 8.39. The maximum absolute atomic E-state index is 13.5. The molecule has 2 amide bonds. The topological polar surface area (TPSA) is 67.4 Å². The fourth-order valence-electron chi connectivity index (χ4n) is 4.24. The summed E-state index contributed by atoms with van der Waals surface area (Å²) in [5.74, 6) is 0.526. The van der Waals surface area contributed by atoms with Crippen LogP contribution in [-0.2, 0) is 17.6 Å². The highest BCUT2D eigenvalue weighted by molar-refractivity contribution is 9.10. The van der Waals surface area contributed by atoms with E-state index < -0.39 is 0 Å². The van der Waals surface area contributed by atoms with E-state index in [0.717, 1.165) is 29.3 Å². The molecule has 1 aliphatic carbocycles. The second-order valence-electron chi connectivity index (χ2n) is 9.74. The number of benzene rings is 2. The van der Waals surface area contributed by atoms with Crippen LogP contribution < -0.4 is 15.4 Å². The Hall–Kier alpha value is -2.35. The van der Waals surface area contributed by atoms with Crippen molar-refractivity contribution in [1.29, 1.82) is 0 Å². The maximum Gasteiger partial charge on any atom is 0.262 e. The average molecular weight is 576 g/mol. The van der Waals surface area contributed by atoms with E-state index in [9.17, 15) is 9.59 Å². The van der Waals surface area contributed by atoms with Gasteiger partial charge in [0, 0.05) is 14.4 Å². The van der Waals surface area contributed by atoms with Gasteiger partial charge in [-0.25, -0.2) is 0 Å². The molecule has 0 saturated heterocycles. The quantitative estimate of drug-likeness (QED) is 0.318. The summed E-state index contributed by atoms with van der Waals surface area (Å²) in [5, 5.41) is 7.11. The molecule has 1 unspecified atom stereocenters. The highest BCUT2D eigenvalue weighted by atomic mass is 79.9. The SMILES string of the molecule is CC(C)(C)C1CCc2c(sc(NC(=O)COc3ccc(Cl)cc3)c2C(=O)Nc2ccccc2Br)C1. The molecule has 1 aromatic heterocycles. The predicted octanol–water partition coefficient (Wildman–Crippen LogP) is 7.58. The Labute approximate surface area is 223 Å². The zero-order chi connectivity index (χ0) is 25.2. The summed E-state index contributed by atoms with van der Waals surface area (Å²) in [6.45, 7) is 6.61. The summed E-state index contributed by atoms with van der Waals surface area (Å²) in [6, 6.07) is 14.3. The molecule has 0 radical (unpaired) electrons. The lowest BCUT2D eigenvalue weighted by Gasteiger charge is -2.33. The Morgan fingerprint density at radius 1 is 1.11 bits per heavy atom. The van der Waals surface area contributed by atoms with Crippen LogP contribution in [0.5, 0.6) is 5.75 Å². The molecular weight excluding hydrogens is 548 g/mol. The number of nitrogens with one attached hydrogen (secondary N) is 2. The van der Waals surface area contributed by atoms with Crippen LogP contribution in [-0.4, -0.2) is 18.4 Å². The van der Waals surface area contributed by atoms with Crippen molar-refractivity contribution in [2.24, 2.45) is 11.3 Å². The minimum atomic E-state index is -0.319. The Kier molecular flexibility index (Phi) is 7.89. The number of carbonyl (C=O) groups is 2. The van der Waals surface area contributed by atoms with E-state index in [2.05, 4.69) is 47.3 Å². The van der Waals surface area contributed by atoms with E-state index in [-0.39, 0.29) is 23.8 Å². The lowest BCUT2D eigenvalue weighted by Crippen LogP contribution is -2.27. The molecule has 5 nitrogen and oxygen atoms in total. The number of amides is 2. The molecule has 1 atom stereocenters. The predicted molar refractivity (Wildman–Crippen MR) is 147 cm³/mol. The molecule has 0 aliphatic heterocycles. The van der Waals surface area contributed by atoms with Crippen LogP contribution in [0.1, 0.15) is 48.0 Å². The molecule has 3 aromatic rings. The molecule has 0 spiro atoms. The van der Waals surface area contributed by atoms with Crippen molar-refractivity contribution in [3.63, 3.8) is 0 Å². The monoisotopic (exact) mass is 574 g/mol. The van der Waals surface area contributed by atoms with E-state index in [1.807, 2.05) is 24.3 Å². The summed E-state index contributed by atoms with van der Waals surface area (Å²) in [5.41, 5.74) is 2.44. The normalized spacial score (nSPS) is 15.3. The molecule has 8 heteroatoms. The van der Waals surface area contributed by atoms with Crippen LogP contribution >= 0.6 is 38.9 Å². The Morgan fingerprint density at radius 3 is 2.51 bits per heavy atom. The van der Waals surface area contributed by atoms with E-state index in [4.69, 9.17) is 16.3 Å². The van der Waals surface area contributed by atoms with E-state index in [1.54, 1.807) is 24.3 Å². The first-order valence-corrected chi connectivity index (χ1v) is 13.5. The van der Waals surface area contributed by atoms with Crippen LogP contribution in [0.15, 0.2) is 53.0 Å². The van der Waals surface area contributed by atoms with Crippen molar-refractivity contribution in [2.45, 2.75) is 40.0 Å². The lowest BCUT2D eigenvalue weighted by atomic mass is 9.72. The molecule has 184 valence electrons. The van der Waals surface area contributed by atoms with Gasteiger partial charge in [-0.15, -0.1) is 11.3 Å². The van der Waals surface area contributed by atoms with Crippen LogP contribution in [0.2, 0.25) is 5.02 Å². The molecule has 0 bridgehead atoms. The molecule has 2 aromatic carbocycles. The van der Waals surface area contributed by atoms with Crippen molar-refractivity contribution < 1.29 is 14.3 Å². The van der Waals surface area contributed by atoms with Gasteiger partial charge in [0.1, 0.15) is 10.8 Å². The van der Waals surface area contributed by atoms with Crippen LogP contribution in [0.4, 0.5) is 10.7 Å². The highest BCUT2D eigenvalue weighted by Crippen LogP contribution is 2.44. The summed E-state index contributed by atoms with van der Waals surface area (Å²) in [7, 11) is 0. The number of para-hydroxylation sites is 1. The summed E-state index contributed by atoms with van der Waals surface area (Å²) >= 11 is 10.9. The summed E-state index contributed by atoms with van der Waals surface area (Å²) in [6.07, 6.45) is 2.72. The number of hydrogen-bond acceptors (Lipinski definition) is 4. The number of halogens is 2. The van der Waals surface area contributed by atoms with Crippen molar-refractivity contribution in [3.05, 3.63) is 74.0 Å². The standard InChI is InChI=1S/C27H28BrClN2O3S/c1-27(2,3)16-8-13-19-22(14-16)35-26(24(19)25(33)30-21-7-5-4-6-20(21)28)31-23(32)15-34-18-11-9-17(29)10-12-18/h4-7,9-12,16H,8,13-15H2,1-3H3,(H,30,33)(H,31,32). The van der Waals surface area contributed by atoms with Gasteiger partial charge >= 0.3 is 0 Å². The molecule has 4 rings (SSSR count). The van der Waals surface area contributed by atoms with Gasteiger partial charge in [-0.2, -0.15) is 0 Å². The van der Waals surface area contributed by atoms with Gasteiger partial charge in [-0.3, -0.25) is 9.59 Å². The molecule has 0 saturated carbocycles. The smallest absolute Gasteiger partial charge is 0.262 e. The van der Waals surface area contributed by atoms with Gasteiger partial charge in [0.15, 0.2) is 6.61 Å². The first-order chi connectivity index (χ1) is 16.6. The summed E-state index contributed by atoms with van der Waals surface area (Å²) in [4.78, 5) is 27.4. The van der Waals surface area contributed by atoms with Crippen molar-refractivity contribution in [2.75, 3.05) is 17.2 Å². The second kappa shape index (κ2) is 10.7. The van der Waals surface area contributed by atoms with E-state index >= 15 is 0 Å². The number of fused-ring (bicyclic) bond motifs is 1. The van der Waals surface area contributed by atoms with Gasteiger partial charge in [-0.1, -0.05) is 44.5 Å². The first-order valence-electron chi connectivity index (χ1n) is 11.5. The van der Waals surface area contributed by atoms with E-state index in [1.165, 1.54) is 16.2 Å². The number of carbonyl (C=O) groups excluding carboxylic acids is 2. The number of rotatable bonds is 6. The third-order valence-electron chi connectivity index (χ3n) is 6.28. The second-order valence-corrected chi connectivity index (χ2v) is 12.1. The molecule has 2 N–H and O–H groups in total. The minimum Gasteiger partial charge on any atom is -0.484 e. The van der Waals surface area contributed by atoms with E-state index in [0.29, 0.717) is 32.9 Å². The van der Waals surface area contributed by atoms with Gasteiger partial charge in [-0.05, 0) is 88.5 Å². The third kappa shape index (κ3) is 6.26. The first kappa shape index (κ1) is 25.7. The van der Waals surface area contributed by atoms with Crippen LogP contribution in [0.25, 0.3) is 0 Å². The molecule has 35 heavy (non-hydrogen) atoms.